The number of fused-ring (bicyclic) bond motifs is 1. The van der Waals surface area contributed by atoms with Crippen LogP contribution in [-0.2, 0) is 4.74 Å². The van der Waals surface area contributed by atoms with Gasteiger partial charge < -0.3 is 15.0 Å². The summed E-state index contributed by atoms with van der Waals surface area (Å²) >= 11 is 1.65. The molecule has 1 amide bonds. The van der Waals surface area contributed by atoms with Crippen molar-refractivity contribution in [3.05, 3.63) is 59.1 Å². The second-order valence-electron chi connectivity index (χ2n) is 6.86. The molecule has 7 heteroatoms. The van der Waals surface area contributed by atoms with Crippen LogP contribution in [0.25, 0.3) is 10.6 Å². The highest BCUT2D eigenvalue weighted by molar-refractivity contribution is 7.13. The van der Waals surface area contributed by atoms with E-state index >= 15 is 0 Å². The van der Waals surface area contributed by atoms with Crippen LogP contribution in [0.2, 0.25) is 0 Å². The van der Waals surface area contributed by atoms with Crippen molar-refractivity contribution in [1.29, 1.82) is 0 Å². The molecule has 0 bridgehead atoms. The molecular formula is C20H20N4O2S. The second-order valence-corrected chi connectivity index (χ2v) is 7.81. The van der Waals surface area contributed by atoms with E-state index in [4.69, 9.17) is 4.74 Å². The predicted molar refractivity (Wildman–Crippen MR) is 105 cm³/mol. The minimum atomic E-state index is -0.285. The number of benzene rings is 1. The molecule has 4 heterocycles. The maximum atomic E-state index is 13.3. The zero-order valence-electron chi connectivity index (χ0n) is 14.7. The van der Waals surface area contributed by atoms with Crippen molar-refractivity contribution in [3.8, 4) is 10.6 Å². The molecule has 2 aromatic heterocycles. The molecule has 1 fully saturated rings. The molecule has 5 rings (SSSR count). The average Bonchev–Trinajstić information content (AvgIpc) is 3.46. The molecule has 2 aliphatic heterocycles. The summed E-state index contributed by atoms with van der Waals surface area (Å²) in [6, 6.07) is 11.8. The van der Waals surface area contributed by atoms with E-state index in [9.17, 15) is 4.79 Å². The normalized spacial score (nSPS) is 21.9. The predicted octanol–water partition coefficient (Wildman–Crippen LogP) is 3.88. The van der Waals surface area contributed by atoms with E-state index in [2.05, 4.69) is 21.6 Å². The van der Waals surface area contributed by atoms with E-state index in [1.54, 1.807) is 11.3 Å². The highest BCUT2D eigenvalue weighted by Gasteiger charge is 2.36. The molecule has 138 valence electrons. The molecule has 0 saturated carbocycles. The quantitative estimate of drug-likeness (QED) is 0.721. The van der Waals surface area contributed by atoms with Crippen LogP contribution in [-0.4, -0.2) is 40.3 Å². The molecular weight excluding hydrogens is 360 g/mol. The first kappa shape index (κ1) is 16.5. The number of hydrogen-bond donors (Lipinski definition) is 2. The minimum absolute atomic E-state index is 0.0307. The number of anilines is 1. The smallest absolute Gasteiger partial charge is 0.257 e. The fraction of sp³-hybridized carbons (Fsp3) is 0.300. The summed E-state index contributed by atoms with van der Waals surface area (Å²) in [5, 5.41) is 13.0. The summed E-state index contributed by atoms with van der Waals surface area (Å²) in [6.45, 7) is 1.34. The summed E-state index contributed by atoms with van der Waals surface area (Å²) in [6.07, 6.45) is 3.65. The number of amides is 1. The van der Waals surface area contributed by atoms with E-state index in [-0.39, 0.29) is 18.2 Å². The van der Waals surface area contributed by atoms with E-state index in [0.29, 0.717) is 12.1 Å². The fourth-order valence-corrected chi connectivity index (χ4v) is 4.60. The first-order valence-electron chi connectivity index (χ1n) is 9.16. The maximum Gasteiger partial charge on any atom is 0.257 e. The van der Waals surface area contributed by atoms with Crippen molar-refractivity contribution in [3.63, 3.8) is 0 Å². The van der Waals surface area contributed by atoms with Crippen LogP contribution in [0.15, 0.2) is 48.0 Å². The van der Waals surface area contributed by atoms with E-state index in [0.717, 1.165) is 41.3 Å². The van der Waals surface area contributed by atoms with Crippen LogP contribution in [0.5, 0.6) is 0 Å². The Morgan fingerprint density at radius 1 is 1.26 bits per heavy atom. The van der Waals surface area contributed by atoms with Gasteiger partial charge in [-0.25, -0.2) is 0 Å². The van der Waals surface area contributed by atoms with Gasteiger partial charge in [-0.15, -0.1) is 11.3 Å². The number of thiophene rings is 1. The largest absolute Gasteiger partial charge is 0.376 e. The monoisotopic (exact) mass is 380 g/mol. The minimum Gasteiger partial charge on any atom is -0.376 e. The van der Waals surface area contributed by atoms with Crippen molar-refractivity contribution in [1.82, 2.24) is 15.1 Å². The van der Waals surface area contributed by atoms with Gasteiger partial charge in [0.05, 0.1) is 28.4 Å². The number of carbonyl (C=O) groups excluding carboxylic acids is 1. The van der Waals surface area contributed by atoms with Gasteiger partial charge in [0.25, 0.3) is 5.91 Å². The molecule has 1 aromatic carbocycles. The maximum absolute atomic E-state index is 13.3. The topological polar surface area (TPSA) is 70.2 Å². The van der Waals surface area contributed by atoms with Crippen LogP contribution in [0.3, 0.4) is 0 Å². The molecule has 0 radical (unpaired) electrons. The van der Waals surface area contributed by atoms with Crippen LogP contribution in [0, 0.1) is 0 Å². The third kappa shape index (κ3) is 2.93. The van der Waals surface area contributed by atoms with E-state index < -0.39 is 0 Å². The fourth-order valence-electron chi connectivity index (χ4n) is 3.86. The van der Waals surface area contributed by atoms with Crippen LogP contribution < -0.4 is 5.32 Å². The summed E-state index contributed by atoms with van der Waals surface area (Å²) in [5.74, 6) is 0.0307. The van der Waals surface area contributed by atoms with Gasteiger partial charge in [0.1, 0.15) is 6.17 Å². The second kappa shape index (κ2) is 6.83. The SMILES string of the molecule is O=C1c2ccccc2N[C@@H](c2cn[nH]c2-c2cccs2)N1C[C@H]1CCCO1. The number of aromatic amines is 1. The number of H-pyrrole nitrogens is 1. The highest BCUT2D eigenvalue weighted by Crippen LogP contribution is 2.38. The number of hydrogen-bond acceptors (Lipinski definition) is 5. The Hall–Kier alpha value is -2.64. The van der Waals surface area contributed by atoms with Crippen LogP contribution in [0.1, 0.15) is 34.9 Å². The number of carbonyl (C=O) groups is 1. The summed E-state index contributed by atoms with van der Waals surface area (Å²) < 4.78 is 5.82. The lowest BCUT2D eigenvalue weighted by atomic mass is 10.0. The van der Waals surface area contributed by atoms with Crippen LogP contribution in [0.4, 0.5) is 5.69 Å². The van der Waals surface area contributed by atoms with Gasteiger partial charge in [-0.3, -0.25) is 9.89 Å². The Morgan fingerprint density at radius 2 is 2.19 bits per heavy atom. The molecule has 1 saturated heterocycles. The number of aromatic nitrogens is 2. The van der Waals surface area contributed by atoms with Gasteiger partial charge in [-0.2, -0.15) is 5.10 Å². The van der Waals surface area contributed by atoms with Gasteiger partial charge in [-0.1, -0.05) is 18.2 Å². The molecule has 0 aliphatic carbocycles. The van der Waals surface area contributed by atoms with E-state index in [1.165, 1.54) is 0 Å². The lowest BCUT2D eigenvalue weighted by Gasteiger charge is -2.39. The Balaban J connectivity index is 1.56. The Labute approximate surface area is 161 Å². The standard InChI is InChI=1S/C20H20N4O2S/c25-20-14-6-1-2-7-16(14)22-19(24(20)12-13-5-3-9-26-13)15-11-21-23-18(15)17-8-4-10-27-17/h1-2,4,6-8,10-11,13,19,22H,3,5,9,12H2,(H,21,23)/t13-,19-/m1/s1. The molecule has 6 nitrogen and oxygen atoms in total. The molecule has 2 aliphatic rings. The first-order chi connectivity index (χ1) is 13.3. The van der Waals surface area contributed by atoms with Crippen molar-refractivity contribution in [2.24, 2.45) is 0 Å². The Kier molecular flexibility index (Phi) is 4.18. The first-order valence-corrected chi connectivity index (χ1v) is 10.0. The molecule has 27 heavy (non-hydrogen) atoms. The Bertz CT molecular complexity index is 947. The number of nitrogens with zero attached hydrogens (tertiary/aromatic N) is 2. The van der Waals surface area contributed by atoms with Crippen molar-refractivity contribution in [2.75, 3.05) is 18.5 Å². The van der Waals surface area contributed by atoms with Crippen molar-refractivity contribution in [2.45, 2.75) is 25.1 Å². The number of nitrogens with one attached hydrogen (secondary N) is 2. The third-order valence-electron chi connectivity index (χ3n) is 5.18. The Morgan fingerprint density at radius 3 is 3.00 bits per heavy atom. The summed E-state index contributed by atoms with van der Waals surface area (Å²) in [5.41, 5.74) is 3.48. The van der Waals surface area contributed by atoms with Crippen molar-refractivity contribution >= 4 is 22.9 Å². The zero-order chi connectivity index (χ0) is 18.2. The lowest BCUT2D eigenvalue weighted by Crippen LogP contribution is -2.46. The van der Waals surface area contributed by atoms with Gasteiger partial charge in [-0.05, 0) is 36.4 Å². The molecule has 0 unspecified atom stereocenters. The summed E-state index contributed by atoms with van der Waals surface area (Å²) in [7, 11) is 0. The number of para-hydroxylation sites is 1. The summed E-state index contributed by atoms with van der Waals surface area (Å²) in [4.78, 5) is 16.3. The van der Waals surface area contributed by atoms with Crippen molar-refractivity contribution < 1.29 is 9.53 Å². The lowest BCUT2D eigenvalue weighted by molar-refractivity contribution is 0.0427. The molecule has 3 aromatic rings. The van der Waals surface area contributed by atoms with Gasteiger partial charge in [0.2, 0.25) is 0 Å². The van der Waals surface area contributed by atoms with E-state index in [1.807, 2.05) is 46.8 Å². The highest BCUT2D eigenvalue weighted by atomic mass is 32.1. The number of rotatable bonds is 4. The van der Waals surface area contributed by atoms with Gasteiger partial charge >= 0.3 is 0 Å². The van der Waals surface area contributed by atoms with Gasteiger partial charge in [0, 0.05) is 24.4 Å². The van der Waals surface area contributed by atoms with Crippen LogP contribution >= 0.6 is 11.3 Å². The third-order valence-corrected chi connectivity index (χ3v) is 6.06. The molecule has 2 N–H and O–H groups in total. The molecule has 2 atom stereocenters. The zero-order valence-corrected chi connectivity index (χ0v) is 15.5. The number of ether oxygens (including phenoxy) is 1. The average molecular weight is 380 g/mol. The molecule has 0 spiro atoms. The van der Waals surface area contributed by atoms with Gasteiger partial charge in [0.15, 0.2) is 0 Å².